The van der Waals surface area contributed by atoms with Crippen LogP contribution in [0, 0.1) is 5.92 Å². The van der Waals surface area contributed by atoms with Crippen LogP contribution in [0.1, 0.15) is 38.8 Å². The van der Waals surface area contributed by atoms with E-state index >= 15 is 0 Å². The van der Waals surface area contributed by atoms with E-state index in [2.05, 4.69) is 66.3 Å². The maximum atomic E-state index is 9.06. The van der Waals surface area contributed by atoms with Gasteiger partial charge in [-0.05, 0) is 37.0 Å². The fourth-order valence-corrected chi connectivity index (χ4v) is 2.18. The van der Waals surface area contributed by atoms with E-state index in [4.69, 9.17) is 5.11 Å². The minimum absolute atomic E-state index is 0.239. The minimum atomic E-state index is 0.239. The van der Waals surface area contributed by atoms with Gasteiger partial charge in [0.2, 0.25) is 0 Å². The van der Waals surface area contributed by atoms with Crippen LogP contribution in [0.4, 0.5) is 0 Å². The van der Waals surface area contributed by atoms with Gasteiger partial charge in [0.05, 0.1) is 0 Å². The molecule has 17 heavy (non-hydrogen) atoms. The molecule has 0 fully saturated rings. The summed E-state index contributed by atoms with van der Waals surface area (Å²) in [6, 6.07) is 9.03. The van der Waals surface area contributed by atoms with Gasteiger partial charge in [0.25, 0.3) is 0 Å². The van der Waals surface area contributed by atoms with E-state index in [1.807, 2.05) is 0 Å². The van der Waals surface area contributed by atoms with E-state index < -0.39 is 0 Å². The Morgan fingerprint density at radius 2 is 1.76 bits per heavy atom. The van der Waals surface area contributed by atoms with E-state index in [1.165, 1.54) is 5.56 Å². The summed E-state index contributed by atoms with van der Waals surface area (Å²) in [7, 11) is 0. The van der Waals surface area contributed by atoms with Gasteiger partial charge in [-0.25, -0.2) is 0 Å². The number of nitrogens with one attached hydrogen (secondary N) is 1. The van der Waals surface area contributed by atoms with Crippen LogP contribution in [0.15, 0.2) is 28.7 Å². The monoisotopic (exact) mass is 299 g/mol. The highest BCUT2D eigenvalue weighted by molar-refractivity contribution is 9.10. The van der Waals surface area contributed by atoms with Gasteiger partial charge in [0.1, 0.15) is 0 Å². The predicted molar refractivity (Wildman–Crippen MR) is 76.0 cm³/mol. The number of halogens is 1. The normalized spacial score (nSPS) is 14.9. The third-order valence-electron chi connectivity index (χ3n) is 3.08. The van der Waals surface area contributed by atoms with Gasteiger partial charge in [0.15, 0.2) is 0 Å². The molecule has 2 N–H and O–H groups in total. The minimum Gasteiger partial charge on any atom is -0.396 e. The maximum Gasteiger partial charge on any atom is 0.0445 e. The zero-order chi connectivity index (χ0) is 12.8. The van der Waals surface area contributed by atoms with Crippen molar-refractivity contribution in [1.29, 1.82) is 0 Å². The van der Waals surface area contributed by atoms with Crippen molar-refractivity contribution >= 4 is 15.9 Å². The third-order valence-corrected chi connectivity index (χ3v) is 3.61. The lowest BCUT2D eigenvalue weighted by molar-refractivity contribution is 0.237. The molecule has 1 aromatic carbocycles. The standard InChI is InChI=1S/C14H22BrNO/c1-10(2)14(8-9-17)16-11(3)12-4-6-13(15)7-5-12/h4-7,10-11,14,16-17H,8-9H2,1-3H3. The molecular formula is C14H22BrNO. The fourth-order valence-electron chi connectivity index (χ4n) is 1.92. The van der Waals surface area contributed by atoms with Crippen molar-refractivity contribution in [2.45, 2.75) is 39.3 Å². The number of aliphatic hydroxyl groups is 1. The van der Waals surface area contributed by atoms with Crippen molar-refractivity contribution in [3.05, 3.63) is 34.3 Å². The lowest BCUT2D eigenvalue weighted by atomic mass is 9.99. The van der Waals surface area contributed by atoms with Gasteiger partial charge >= 0.3 is 0 Å². The smallest absolute Gasteiger partial charge is 0.0445 e. The molecule has 0 aliphatic carbocycles. The van der Waals surface area contributed by atoms with Gasteiger partial charge in [-0.3, -0.25) is 0 Å². The van der Waals surface area contributed by atoms with Gasteiger partial charge < -0.3 is 10.4 Å². The largest absolute Gasteiger partial charge is 0.396 e. The summed E-state index contributed by atoms with van der Waals surface area (Å²) in [6.45, 7) is 6.77. The first-order chi connectivity index (χ1) is 8.04. The molecule has 96 valence electrons. The SMILES string of the molecule is CC(NC(CCO)C(C)C)c1ccc(Br)cc1. The van der Waals surface area contributed by atoms with E-state index in [0.29, 0.717) is 18.0 Å². The molecule has 0 aromatic heterocycles. The molecule has 0 amide bonds. The Kier molecular flexibility index (Phi) is 6.17. The molecule has 0 radical (unpaired) electrons. The van der Waals surface area contributed by atoms with Crippen LogP contribution in [0.5, 0.6) is 0 Å². The first kappa shape index (κ1) is 14.7. The average Bonchev–Trinajstić information content (AvgIpc) is 2.29. The van der Waals surface area contributed by atoms with E-state index in [-0.39, 0.29) is 6.61 Å². The second-order valence-corrected chi connectivity index (χ2v) is 5.72. The molecule has 1 aromatic rings. The van der Waals surface area contributed by atoms with Crippen molar-refractivity contribution in [1.82, 2.24) is 5.32 Å². The number of rotatable bonds is 6. The van der Waals surface area contributed by atoms with Gasteiger partial charge in [-0.2, -0.15) is 0 Å². The molecule has 0 saturated carbocycles. The van der Waals surface area contributed by atoms with Crippen molar-refractivity contribution in [2.75, 3.05) is 6.61 Å². The van der Waals surface area contributed by atoms with Crippen molar-refractivity contribution in [3.63, 3.8) is 0 Å². The average molecular weight is 300 g/mol. The summed E-state index contributed by atoms with van der Waals surface area (Å²) in [4.78, 5) is 0. The number of aliphatic hydroxyl groups excluding tert-OH is 1. The zero-order valence-electron chi connectivity index (χ0n) is 10.8. The molecule has 2 nitrogen and oxygen atoms in total. The van der Waals surface area contributed by atoms with E-state index in [9.17, 15) is 0 Å². The third kappa shape index (κ3) is 4.78. The molecule has 2 atom stereocenters. The molecule has 0 saturated heterocycles. The number of hydrogen-bond donors (Lipinski definition) is 2. The van der Waals surface area contributed by atoms with Crippen molar-refractivity contribution < 1.29 is 5.11 Å². The van der Waals surface area contributed by atoms with Crippen LogP contribution in [0.3, 0.4) is 0 Å². The molecule has 0 aliphatic rings. The number of hydrogen-bond acceptors (Lipinski definition) is 2. The Labute approximate surface area is 113 Å². The van der Waals surface area contributed by atoms with Crippen LogP contribution in [0.25, 0.3) is 0 Å². The Balaban J connectivity index is 2.63. The highest BCUT2D eigenvalue weighted by Crippen LogP contribution is 2.19. The Morgan fingerprint density at radius 1 is 1.18 bits per heavy atom. The second-order valence-electron chi connectivity index (χ2n) is 4.80. The molecular weight excluding hydrogens is 278 g/mol. The van der Waals surface area contributed by atoms with Crippen molar-refractivity contribution in [2.24, 2.45) is 5.92 Å². The summed E-state index contributed by atoms with van der Waals surface area (Å²) in [5, 5.41) is 12.6. The zero-order valence-corrected chi connectivity index (χ0v) is 12.4. The summed E-state index contributed by atoms with van der Waals surface area (Å²) in [5.41, 5.74) is 1.27. The molecule has 0 aliphatic heterocycles. The number of benzene rings is 1. The first-order valence-electron chi connectivity index (χ1n) is 6.17. The lowest BCUT2D eigenvalue weighted by Crippen LogP contribution is -2.36. The Morgan fingerprint density at radius 3 is 2.24 bits per heavy atom. The summed E-state index contributed by atoms with van der Waals surface area (Å²) < 4.78 is 1.10. The molecule has 0 heterocycles. The molecule has 2 unspecified atom stereocenters. The van der Waals surface area contributed by atoms with Crippen LogP contribution in [-0.4, -0.2) is 17.8 Å². The van der Waals surface area contributed by atoms with Gasteiger partial charge in [-0.1, -0.05) is 41.9 Å². The first-order valence-corrected chi connectivity index (χ1v) is 6.96. The van der Waals surface area contributed by atoms with E-state index in [0.717, 1.165) is 10.9 Å². The Bertz CT molecular complexity index is 323. The highest BCUT2D eigenvalue weighted by atomic mass is 79.9. The molecule has 1 rings (SSSR count). The second kappa shape index (κ2) is 7.14. The molecule has 3 heteroatoms. The molecule has 0 spiro atoms. The van der Waals surface area contributed by atoms with Crippen LogP contribution in [-0.2, 0) is 0 Å². The molecule has 0 bridgehead atoms. The maximum absolute atomic E-state index is 9.06. The van der Waals surface area contributed by atoms with Gasteiger partial charge in [0, 0.05) is 23.2 Å². The summed E-state index contributed by atoms with van der Waals surface area (Å²) in [6.07, 6.45) is 0.804. The topological polar surface area (TPSA) is 32.3 Å². The van der Waals surface area contributed by atoms with Crippen LogP contribution in [0.2, 0.25) is 0 Å². The van der Waals surface area contributed by atoms with Gasteiger partial charge in [-0.15, -0.1) is 0 Å². The van der Waals surface area contributed by atoms with Crippen molar-refractivity contribution in [3.8, 4) is 0 Å². The fraction of sp³-hybridized carbons (Fsp3) is 0.571. The van der Waals surface area contributed by atoms with E-state index in [1.54, 1.807) is 0 Å². The van der Waals surface area contributed by atoms with Crippen LogP contribution >= 0.6 is 15.9 Å². The van der Waals surface area contributed by atoms with Crippen LogP contribution < -0.4 is 5.32 Å². The highest BCUT2D eigenvalue weighted by Gasteiger charge is 2.16. The summed E-state index contributed by atoms with van der Waals surface area (Å²) >= 11 is 3.44. The summed E-state index contributed by atoms with van der Waals surface area (Å²) in [5.74, 6) is 0.528. The quantitative estimate of drug-likeness (QED) is 0.842. The lowest BCUT2D eigenvalue weighted by Gasteiger charge is -2.26. The predicted octanol–water partition coefficient (Wildman–Crippen LogP) is 3.51. The Hall–Kier alpha value is -0.380.